The maximum atomic E-state index is 12.5. The molecule has 2 heterocycles. The van der Waals surface area contributed by atoms with Gasteiger partial charge in [-0.05, 0) is 43.7 Å². The molecule has 0 saturated heterocycles. The minimum Gasteiger partial charge on any atom is -0.494 e. The van der Waals surface area contributed by atoms with E-state index in [9.17, 15) is 4.79 Å². The topological polar surface area (TPSA) is 55.2 Å². The van der Waals surface area contributed by atoms with Crippen LogP contribution >= 0.6 is 0 Å². The molecule has 2 aromatic heterocycles. The molecule has 0 saturated carbocycles. The predicted octanol–water partition coefficient (Wildman–Crippen LogP) is 4.09. The van der Waals surface area contributed by atoms with Crippen molar-refractivity contribution < 1.29 is 13.9 Å². The lowest BCUT2D eigenvalue weighted by Crippen LogP contribution is -1.99. The Balaban J connectivity index is 2.00. The molecule has 21 heavy (non-hydrogen) atoms. The molecule has 0 aliphatic carbocycles. The lowest BCUT2D eigenvalue weighted by atomic mass is 10.1. The van der Waals surface area contributed by atoms with Crippen LogP contribution in [0, 0.1) is 6.92 Å². The van der Waals surface area contributed by atoms with Crippen molar-refractivity contribution in [2.75, 3.05) is 6.61 Å². The Morgan fingerprint density at radius 2 is 2.14 bits per heavy atom. The number of nitrogens with one attached hydrogen (secondary N) is 1. The van der Waals surface area contributed by atoms with E-state index in [0.717, 1.165) is 28.8 Å². The second-order valence-electron chi connectivity index (χ2n) is 5.00. The molecule has 4 nitrogen and oxygen atoms in total. The van der Waals surface area contributed by atoms with Crippen LogP contribution in [0.15, 0.2) is 40.9 Å². The zero-order valence-electron chi connectivity index (χ0n) is 12.1. The molecule has 0 spiro atoms. The van der Waals surface area contributed by atoms with E-state index in [1.807, 2.05) is 25.1 Å². The minimum absolute atomic E-state index is 0.123. The lowest BCUT2D eigenvalue weighted by Gasteiger charge is -2.04. The van der Waals surface area contributed by atoms with Crippen molar-refractivity contribution in [1.29, 1.82) is 0 Å². The summed E-state index contributed by atoms with van der Waals surface area (Å²) in [4.78, 5) is 15.6. The van der Waals surface area contributed by atoms with Gasteiger partial charge in [-0.15, -0.1) is 0 Å². The number of carbonyl (C=O) groups excluding carboxylic acids is 1. The molecule has 0 atom stereocenters. The molecule has 3 rings (SSSR count). The van der Waals surface area contributed by atoms with Gasteiger partial charge >= 0.3 is 0 Å². The van der Waals surface area contributed by atoms with Crippen molar-refractivity contribution in [3.8, 4) is 5.75 Å². The molecular weight excluding hydrogens is 266 g/mol. The van der Waals surface area contributed by atoms with Gasteiger partial charge in [-0.25, -0.2) is 0 Å². The number of ether oxygens (including phenoxy) is 1. The molecule has 108 valence electrons. The Labute approximate surface area is 122 Å². The fourth-order valence-electron chi connectivity index (χ4n) is 2.29. The maximum Gasteiger partial charge on any atom is 0.230 e. The molecule has 0 radical (unpaired) electrons. The summed E-state index contributed by atoms with van der Waals surface area (Å²) in [6, 6.07) is 9.21. The molecule has 4 heteroatoms. The number of ketones is 1. The molecule has 3 aromatic rings. The van der Waals surface area contributed by atoms with Crippen molar-refractivity contribution in [3.05, 3.63) is 53.6 Å². The first kappa shape index (κ1) is 13.5. The van der Waals surface area contributed by atoms with E-state index in [0.29, 0.717) is 17.9 Å². The molecular formula is C17H17NO3. The fourth-order valence-corrected chi connectivity index (χ4v) is 2.29. The lowest BCUT2D eigenvalue weighted by molar-refractivity contribution is 0.101. The van der Waals surface area contributed by atoms with Crippen molar-refractivity contribution >= 4 is 16.7 Å². The van der Waals surface area contributed by atoms with Gasteiger partial charge in [0.25, 0.3) is 0 Å². The molecule has 0 aliphatic heterocycles. The average Bonchev–Trinajstić information content (AvgIpc) is 3.10. The zero-order valence-corrected chi connectivity index (χ0v) is 12.1. The Hall–Kier alpha value is -2.49. The predicted molar refractivity (Wildman–Crippen MR) is 81.0 cm³/mol. The average molecular weight is 283 g/mol. The Morgan fingerprint density at radius 3 is 2.86 bits per heavy atom. The Morgan fingerprint density at radius 1 is 1.29 bits per heavy atom. The molecule has 1 aromatic carbocycles. The van der Waals surface area contributed by atoms with Gasteiger partial charge in [0.05, 0.1) is 12.2 Å². The van der Waals surface area contributed by atoms with E-state index < -0.39 is 0 Å². The van der Waals surface area contributed by atoms with E-state index in [1.54, 1.807) is 18.3 Å². The summed E-state index contributed by atoms with van der Waals surface area (Å²) >= 11 is 0. The number of furan rings is 1. The highest BCUT2D eigenvalue weighted by Crippen LogP contribution is 2.26. The quantitative estimate of drug-likeness (QED) is 0.717. The number of aromatic nitrogens is 1. The summed E-state index contributed by atoms with van der Waals surface area (Å²) in [5, 5.41) is 0.850. The van der Waals surface area contributed by atoms with E-state index in [2.05, 4.69) is 11.9 Å². The number of H-pyrrole nitrogens is 1. The maximum absolute atomic E-state index is 12.5. The van der Waals surface area contributed by atoms with Gasteiger partial charge in [0, 0.05) is 17.1 Å². The smallest absolute Gasteiger partial charge is 0.230 e. The number of fused-ring (bicyclic) bond motifs is 1. The van der Waals surface area contributed by atoms with Crippen LogP contribution < -0.4 is 4.74 Å². The van der Waals surface area contributed by atoms with Crippen molar-refractivity contribution in [2.24, 2.45) is 0 Å². The van der Waals surface area contributed by atoms with Crippen LogP contribution in [0.1, 0.15) is 35.2 Å². The number of hydrogen-bond acceptors (Lipinski definition) is 3. The van der Waals surface area contributed by atoms with Crippen LogP contribution in [0.25, 0.3) is 10.9 Å². The summed E-state index contributed by atoms with van der Waals surface area (Å²) < 4.78 is 11.0. The number of aromatic amines is 1. The van der Waals surface area contributed by atoms with Crippen LogP contribution in [0.4, 0.5) is 0 Å². The van der Waals surface area contributed by atoms with Crippen molar-refractivity contribution in [3.63, 3.8) is 0 Å². The van der Waals surface area contributed by atoms with Gasteiger partial charge in [0.2, 0.25) is 5.78 Å². The standard InChI is InChI=1S/C17H17NO3/c1-3-8-20-12-5-6-15-13(9-12)14(10-18-15)17(19)16-7-4-11(2)21-16/h4-7,9-10,18H,3,8H2,1-2H3. The second-order valence-corrected chi connectivity index (χ2v) is 5.00. The minimum atomic E-state index is -0.123. The normalized spacial score (nSPS) is 11.0. The van der Waals surface area contributed by atoms with E-state index >= 15 is 0 Å². The molecule has 0 amide bonds. The zero-order chi connectivity index (χ0) is 14.8. The van der Waals surface area contributed by atoms with Gasteiger partial charge in [0.1, 0.15) is 11.5 Å². The van der Waals surface area contributed by atoms with Crippen LogP contribution in [-0.2, 0) is 0 Å². The van der Waals surface area contributed by atoms with Gasteiger partial charge in [-0.1, -0.05) is 6.92 Å². The number of hydrogen-bond donors (Lipinski definition) is 1. The first-order valence-corrected chi connectivity index (χ1v) is 7.04. The van der Waals surface area contributed by atoms with E-state index in [4.69, 9.17) is 9.15 Å². The van der Waals surface area contributed by atoms with E-state index in [-0.39, 0.29) is 5.78 Å². The largest absolute Gasteiger partial charge is 0.494 e. The summed E-state index contributed by atoms with van der Waals surface area (Å²) in [6.07, 6.45) is 2.66. The molecule has 0 bridgehead atoms. The second kappa shape index (κ2) is 5.48. The molecule has 0 fully saturated rings. The third-order valence-electron chi connectivity index (χ3n) is 3.33. The SMILES string of the molecule is CCCOc1ccc2[nH]cc(C(=O)c3ccc(C)o3)c2c1. The highest BCUT2D eigenvalue weighted by Gasteiger charge is 2.17. The van der Waals surface area contributed by atoms with Crippen LogP contribution in [0.3, 0.4) is 0 Å². The van der Waals surface area contributed by atoms with Gasteiger partial charge in [-0.3, -0.25) is 4.79 Å². The van der Waals surface area contributed by atoms with Gasteiger partial charge in [-0.2, -0.15) is 0 Å². The summed E-state index contributed by atoms with van der Waals surface area (Å²) in [6.45, 7) is 4.54. The first-order chi connectivity index (χ1) is 10.2. The Kier molecular flexibility index (Phi) is 3.52. The van der Waals surface area contributed by atoms with Crippen LogP contribution in [-0.4, -0.2) is 17.4 Å². The van der Waals surface area contributed by atoms with Crippen molar-refractivity contribution in [2.45, 2.75) is 20.3 Å². The number of carbonyl (C=O) groups is 1. The number of aryl methyl sites for hydroxylation is 1. The monoisotopic (exact) mass is 283 g/mol. The molecule has 0 unspecified atom stereocenters. The molecule has 0 aliphatic rings. The number of rotatable bonds is 5. The fraction of sp³-hybridized carbons (Fsp3) is 0.235. The highest BCUT2D eigenvalue weighted by molar-refractivity contribution is 6.15. The van der Waals surface area contributed by atoms with Crippen LogP contribution in [0.5, 0.6) is 5.75 Å². The van der Waals surface area contributed by atoms with Crippen LogP contribution in [0.2, 0.25) is 0 Å². The Bertz CT molecular complexity index is 782. The van der Waals surface area contributed by atoms with E-state index in [1.165, 1.54) is 0 Å². The summed E-state index contributed by atoms with van der Waals surface area (Å²) in [7, 11) is 0. The first-order valence-electron chi connectivity index (χ1n) is 7.04. The third-order valence-corrected chi connectivity index (χ3v) is 3.33. The highest BCUT2D eigenvalue weighted by atomic mass is 16.5. The van der Waals surface area contributed by atoms with Gasteiger partial charge in [0.15, 0.2) is 5.76 Å². The third kappa shape index (κ3) is 2.57. The number of benzene rings is 1. The molecule has 1 N–H and O–H groups in total. The van der Waals surface area contributed by atoms with Crippen molar-refractivity contribution in [1.82, 2.24) is 4.98 Å². The summed E-state index contributed by atoms with van der Waals surface area (Å²) in [5.74, 6) is 1.73. The van der Waals surface area contributed by atoms with Gasteiger partial charge < -0.3 is 14.1 Å². The summed E-state index contributed by atoms with van der Waals surface area (Å²) in [5.41, 5.74) is 1.51.